The van der Waals surface area contributed by atoms with Crippen molar-refractivity contribution in [1.29, 1.82) is 0 Å². The van der Waals surface area contributed by atoms with Gasteiger partial charge in [-0.15, -0.1) is 0 Å². The molecule has 0 radical (unpaired) electrons. The smallest absolute Gasteiger partial charge is 0.280 e. The van der Waals surface area contributed by atoms with Gasteiger partial charge < -0.3 is 4.90 Å². The fraction of sp³-hybridized carbons (Fsp3) is 0.412. The largest absolute Gasteiger partial charge is 0.342 e. The highest BCUT2D eigenvalue weighted by atomic mass is 32.1. The zero-order chi connectivity index (χ0) is 18.1. The standard InChI is InChI=1S/C17H17F2N5OS/c18-16(19)14-7-13(22-17-20-10-21-24(14)17)12-2-1-4-23(8-12)15(25)6-11-3-5-26-9-11/h3,5,7,9-10,12,16H,1-2,4,6,8H2/t12-/m1/s1. The van der Waals surface area contributed by atoms with Crippen molar-refractivity contribution >= 4 is 23.0 Å². The number of nitrogens with zero attached hydrogens (tertiary/aromatic N) is 5. The summed E-state index contributed by atoms with van der Waals surface area (Å²) >= 11 is 1.56. The molecule has 9 heteroatoms. The molecular weight excluding hydrogens is 360 g/mol. The number of thiophene rings is 1. The summed E-state index contributed by atoms with van der Waals surface area (Å²) in [6, 6.07) is 3.34. The van der Waals surface area contributed by atoms with Crippen LogP contribution >= 0.6 is 11.3 Å². The second-order valence-corrected chi connectivity index (χ2v) is 7.15. The van der Waals surface area contributed by atoms with Crippen LogP contribution in [0.4, 0.5) is 8.78 Å². The van der Waals surface area contributed by atoms with Crippen molar-refractivity contribution < 1.29 is 13.6 Å². The molecule has 0 saturated carbocycles. The first-order chi connectivity index (χ1) is 12.6. The van der Waals surface area contributed by atoms with Crippen molar-refractivity contribution in [3.8, 4) is 0 Å². The van der Waals surface area contributed by atoms with Gasteiger partial charge in [-0.1, -0.05) is 0 Å². The highest BCUT2D eigenvalue weighted by Gasteiger charge is 2.27. The van der Waals surface area contributed by atoms with Gasteiger partial charge in [0.25, 0.3) is 12.2 Å². The first-order valence-electron chi connectivity index (χ1n) is 8.39. The Morgan fingerprint density at radius 1 is 1.42 bits per heavy atom. The number of likely N-dealkylation sites (tertiary alicyclic amines) is 1. The van der Waals surface area contributed by atoms with E-state index in [1.807, 2.05) is 21.7 Å². The number of hydrogen-bond donors (Lipinski definition) is 0. The van der Waals surface area contributed by atoms with Crippen LogP contribution in [-0.2, 0) is 11.2 Å². The molecule has 0 aromatic carbocycles. The van der Waals surface area contributed by atoms with Crippen LogP contribution in [-0.4, -0.2) is 43.5 Å². The number of carbonyl (C=O) groups excluding carboxylic acids is 1. The third-order valence-electron chi connectivity index (χ3n) is 4.65. The maximum Gasteiger partial charge on any atom is 0.280 e. The number of amides is 1. The fourth-order valence-corrected chi connectivity index (χ4v) is 4.01. The molecule has 3 aromatic rings. The maximum absolute atomic E-state index is 13.4. The Hall–Kier alpha value is -2.42. The molecule has 4 heterocycles. The second-order valence-electron chi connectivity index (χ2n) is 6.37. The molecule has 4 rings (SSSR count). The first kappa shape index (κ1) is 17.0. The second kappa shape index (κ2) is 7.06. The summed E-state index contributed by atoms with van der Waals surface area (Å²) < 4.78 is 27.8. The molecule has 1 saturated heterocycles. The monoisotopic (exact) mass is 377 g/mol. The maximum atomic E-state index is 13.4. The number of fused-ring (bicyclic) bond motifs is 1. The SMILES string of the molecule is O=C(Cc1ccsc1)N1CCC[C@@H](c2cc(C(F)F)n3ncnc3n2)C1. The molecule has 136 valence electrons. The highest BCUT2D eigenvalue weighted by molar-refractivity contribution is 7.08. The van der Waals surface area contributed by atoms with Crippen LogP contribution in [0.2, 0.25) is 0 Å². The Bertz CT molecular complexity index is 911. The van der Waals surface area contributed by atoms with Gasteiger partial charge in [-0.2, -0.15) is 25.9 Å². The van der Waals surface area contributed by atoms with Gasteiger partial charge in [0.05, 0.1) is 12.1 Å². The van der Waals surface area contributed by atoms with Crippen LogP contribution in [0.15, 0.2) is 29.2 Å². The van der Waals surface area contributed by atoms with E-state index >= 15 is 0 Å². The molecule has 6 nitrogen and oxygen atoms in total. The van der Waals surface area contributed by atoms with E-state index in [0.29, 0.717) is 25.2 Å². The Kier molecular flexibility index (Phi) is 4.62. The average molecular weight is 377 g/mol. The molecule has 0 unspecified atom stereocenters. The lowest BCUT2D eigenvalue weighted by Crippen LogP contribution is -2.40. The summed E-state index contributed by atoms with van der Waals surface area (Å²) in [4.78, 5) is 22.7. The van der Waals surface area contributed by atoms with Crippen molar-refractivity contribution in [3.63, 3.8) is 0 Å². The van der Waals surface area contributed by atoms with Gasteiger partial charge in [0.15, 0.2) is 0 Å². The van der Waals surface area contributed by atoms with Crippen molar-refractivity contribution in [1.82, 2.24) is 24.5 Å². The van der Waals surface area contributed by atoms with Crippen LogP contribution in [0.1, 0.15) is 42.1 Å². The summed E-state index contributed by atoms with van der Waals surface area (Å²) in [5, 5.41) is 7.73. The molecule has 0 N–H and O–H groups in total. The Morgan fingerprint density at radius 3 is 3.08 bits per heavy atom. The predicted molar refractivity (Wildman–Crippen MR) is 92.3 cm³/mol. The van der Waals surface area contributed by atoms with Gasteiger partial charge in [-0.25, -0.2) is 13.8 Å². The molecule has 0 spiro atoms. The minimum atomic E-state index is -2.67. The van der Waals surface area contributed by atoms with Gasteiger partial charge >= 0.3 is 0 Å². The number of rotatable bonds is 4. The van der Waals surface area contributed by atoms with E-state index in [4.69, 9.17) is 0 Å². The van der Waals surface area contributed by atoms with Crippen molar-refractivity contribution in [3.05, 3.63) is 46.2 Å². The quantitative estimate of drug-likeness (QED) is 0.701. The van der Waals surface area contributed by atoms with Crippen LogP contribution in [0.5, 0.6) is 0 Å². The van der Waals surface area contributed by atoms with Crippen LogP contribution < -0.4 is 0 Å². The summed E-state index contributed by atoms with van der Waals surface area (Å²) in [7, 11) is 0. The molecule has 0 aliphatic carbocycles. The number of hydrogen-bond acceptors (Lipinski definition) is 5. The number of aromatic nitrogens is 4. The van der Waals surface area contributed by atoms with E-state index in [9.17, 15) is 13.6 Å². The lowest BCUT2D eigenvalue weighted by molar-refractivity contribution is -0.131. The minimum absolute atomic E-state index is 0.0609. The number of alkyl halides is 2. The van der Waals surface area contributed by atoms with Crippen molar-refractivity contribution in [2.75, 3.05) is 13.1 Å². The van der Waals surface area contributed by atoms with E-state index in [1.54, 1.807) is 11.3 Å². The molecule has 26 heavy (non-hydrogen) atoms. The number of halogens is 2. The van der Waals surface area contributed by atoms with Crippen LogP contribution in [0.3, 0.4) is 0 Å². The number of carbonyl (C=O) groups is 1. The summed E-state index contributed by atoms with van der Waals surface area (Å²) in [5.41, 5.74) is 1.34. The van der Waals surface area contributed by atoms with Crippen LogP contribution in [0.25, 0.3) is 5.78 Å². The summed E-state index contributed by atoms with van der Waals surface area (Å²) in [6.07, 6.45) is 0.553. The lowest BCUT2D eigenvalue weighted by atomic mass is 9.93. The number of piperidine rings is 1. The van der Waals surface area contributed by atoms with E-state index < -0.39 is 6.43 Å². The van der Waals surface area contributed by atoms with E-state index in [-0.39, 0.29) is 23.3 Å². The zero-order valence-corrected chi connectivity index (χ0v) is 14.7. The van der Waals surface area contributed by atoms with Gasteiger partial charge in [-0.05, 0) is 41.3 Å². The van der Waals surface area contributed by atoms with Gasteiger partial charge in [0.2, 0.25) is 5.91 Å². The summed E-state index contributed by atoms with van der Waals surface area (Å²) in [6.45, 7) is 1.18. The molecule has 3 aromatic heterocycles. The first-order valence-corrected chi connectivity index (χ1v) is 9.33. The Morgan fingerprint density at radius 2 is 2.31 bits per heavy atom. The average Bonchev–Trinajstić information content (AvgIpc) is 3.32. The Balaban J connectivity index is 1.56. The molecule has 0 bridgehead atoms. The molecule has 1 aliphatic heterocycles. The van der Waals surface area contributed by atoms with Crippen molar-refractivity contribution in [2.24, 2.45) is 0 Å². The van der Waals surface area contributed by atoms with E-state index in [1.165, 1.54) is 12.4 Å². The van der Waals surface area contributed by atoms with E-state index in [0.717, 1.165) is 22.9 Å². The van der Waals surface area contributed by atoms with Crippen LogP contribution in [0, 0.1) is 0 Å². The molecule has 1 fully saturated rings. The van der Waals surface area contributed by atoms with Gasteiger partial charge in [0.1, 0.15) is 12.0 Å². The predicted octanol–water partition coefficient (Wildman–Crippen LogP) is 3.07. The molecule has 1 amide bonds. The minimum Gasteiger partial charge on any atom is -0.342 e. The molecular formula is C17H17F2N5OS. The van der Waals surface area contributed by atoms with E-state index in [2.05, 4.69) is 15.1 Å². The Labute approximate surface area is 152 Å². The lowest BCUT2D eigenvalue weighted by Gasteiger charge is -2.32. The van der Waals surface area contributed by atoms with Gasteiger partial charge in [0, 0.05) is 19.0 Å². The summed E-state index contributed by atoms with van der Waals surface area (Å²) in [5.74, 6) is 0.152. The molecule has 1 aliphatic rings. The molecule has 1 atom stereocenters. The third kappa shape index (κ3) is 3.31. The normalized spacial score (nSPS) is 18.0. The highest BCUT2D eigenvalue weighted by Crippen LogP contribution is 2.29. The fourth-order valence-electron chi connectivity index (χ4n) is 3.34. The zero-order valence-electron chi connectivity index (χ0n) is 13.9. The van der Waals surface area contributed by atoms with Crippen molar-refractivity contribution in [2.45, 2.75) is 31.6 Å². The third-order valence-corrected chi connectivity index (χ3v) is 5.38. The topological polar surface area (TPSA) is 63.4 Å². The van der Waals surface area contributed by atoms with Gasteiger partial charge in [-0.3, -0.25) is 4.79 Å².